The first-order valence-corrected chi connectivity index (χ1v) is 20.5. The van der Waals surface area contributed by atoms with E-state index in [1.54, 1.807) is 27.7 Å². The van der Waals surface area contributed by atoms with Crippen molar-refractivity contribution in [1.29, 1.82) is 0 Å². The number of unbranched alkanes of at least 4 members (excludes halogenated alkanes) is 1. The lowest BCUT2D eigenvalue weighted by molar-refractivity contribution is -0.300. The summed E-state index contributed by atoms with van der Waals surface area (Å²) in [5.74, 6) is 0.351. The van der Waals surface area contributed by atoms with Crippen LogP contribution >= 0.6 is 34.4 Å². The summed E-state index contributed by atoms with van der Waals surface area (Å²) in [5, 5.41) is 46.1. The zero-order chi connectivity index (χ0) is 40.6. The molecule has 0 unspecified atom stereocenters. The van der Waals surface area contributed by atoms with Gasteiger partial charge in [0.25, 0.3) is 0 Å². The molecule has 17 nitrogen and oxygen atoms in total. The van der Waals surface area contributed by atoms with Gasteiger partial charge in [-0.2, -0.15) is 5.48 Å². The molecule has 0 saturated carbocycles. The van der Waals surface area contributed by atoms with Gasteiger partial charge in [-0.25, -0.2) is 0 Å². The number of thioether (sulfide) groups is 1. The Morgan fingerprint density at radius 1 is 0.855 bits per heavy atom. The summed E-state index contributed by atoms with van der Waals surface area (Å²) in [4.78, 5) is 19.9. The van der Waals surface area contributed by atoms with Crippen molar-refractivity contribution in [3.8, 4) is 17.2 Å². The number of carbonyl (C=O) groups excluding carboxylic acids is 1. The van der Waals surface area contributed by atoms with Crippen molar-refractivity contribution >= 4 is 39.5 Å². The molecule has 3 aliphatic heterocycles. The molecule has 3 heterocycles. The first-order chi connectivity index (χ1) is 26.2. The van der Waals surface area contributed by atoms with Crippen LogP contribution in [-0.2, 0) is 33.3 Å². The zero-order valence-electron chi connectivity index (χ0n) is 32.9. The van der Waals surface area contributed by atoms with E-state index in [9.17, 15) is 25.2 Å². The summed E-state index contributed by atoms with van der Waals surface area (Å²) in [7, 11) is 5.65. The molecule has 3 fully saturated rings. The number of rotatable bonds is 18. The molecule has 55 heavy (non-hydrogen) atoms. The summed E-state index contributed by atoms with van der Waals surface area (Å²) < 4.78 is 52.7. The highest BCUT2D eigenvalue weighted by molar-refractivity contribution is 14.1. The molecule has 0 aromatic heterocycles. The van der Waals surface area contributed by atoms with Crippen molar-refractivity contribution in [2.75, 3.05) is 48.1 Å². The van der Waals surface area contributed by atoms with Crippen LogP contribution in [0.25, 0.3) is 0 Å². The normalized spacial score (nSPS) is 35.4. The molecule has 3 aliphatic rings. The first kappa shape index (κ1) is 46.5. The predicted octanol–water partition coefficient (Wildman–Crippen LogP) is 1.63. The summed E-state index contributed by atoms with van der Waals surface area (Å²) in [6.07, 6.45) is -9.25. The number of ether oxygens (including phenoxy) is 9. The van der Waals surface area contributed by atoms with Crippen LogP contribution in [0.1, 0.15) is 62.9 Å². The molecule has 19 heteroatoms. The Hall–Kier alpha value is -1.15. The van der Waals surface area contributed by atoms with Crippen LogP contribution in [0.15, 0.2) is 0 Å². The fourth-order valence-corrected chi connectivity index (χ4v) is 8.66. The Balaban J connectivity index is 1.41. The molecule has 0 bridgehead atoms. The van der Waals surface area contributed by atoms with E-state index in [4.69, 9.17) is 47.5 Å². The van der Waals surface area contributed by atoms with Crippen LogP contribution < -0.4 is 25.0 Å². The van der Waals surface area contributed by atoms with Gasteiger partial charge in [-0.15, -0.1) is 0 Å². The van der Waals surface area contributed by atoms with E-state index in [-0.39, 0.29) is 29.2 Å². The van der Waals surface area contributed by atoms with Crippen LogP contribution in [0.4, 0.5) is 0 Å². The lowest BCUT2D eigenvalue weighted by Gasteiger charge is -2.44. The topological polar surface area (TPSA) is 214 Å². The molecular weight excluding hydrogens is 859 g/mol. The second kappa shape index (κ2) is 21.7. The monoisotopic (exact) mass is 918 g/mol. The number of nitrogens with one attached hydrogen (secondary N) is 2. The Labute approximate surface area is 340 Å². The molecule has 0 radical (unpaired) electrons. The third-order valence-corrected chi connectivity index (χ3v) is 12.7. The highest BCUT2D eigenvalue weighted by Gasteiger charge is 2.47. The number of halogens is 1. The Bertz CT molecular complexity index is 1370. The van der Waals surface area contributed by atoms with Gasteiger partial charge in [0.1, 0.15) is 30.5 Å². The number of benzene rings is 1. The number of hydrogen-bond acceptors (Lipinski definition) is 18. The number of aliphatic hydroxyl groups excluding tert-OH is 4. The van der Waals surface area contributed by atoms with Crippen LogP contribution in [0.3, 0.4) is 0 Å². The van der Waals surface area contributed by atoms with E-state index in [1.165, 1.54) is 28.4 Å². The van der Waals surface area contributed by atoms with Gasteiger partial charge in [-0.1, -0.05) is 18.7 Å². The number of carbonyl (C=O) groups is 1. The third kappa shape index (κ3) is 10.9. The van der Waals surface area contributed by atoms with Gasteiger partial charge in [0, 0.05) is 27.2 Å². The van der Waals surface area contributed by atoms with Crippen molar-refractivity contribution < 1.29 is 72.7 Å². The van der Waals surface area contributed by atoms with Crippen LogP contribution in [0.5, 0.6) is 17.2 Å². The minimum Gasteiger partial charge on any atom is -0.492 e. The van der Waals surface area contributed by atoms with Crippen molar-refractivity contribution in [1.82, 2.24) is 10.8 Å². The molecule has 0 spiro atoms. The maximum absolute atomic E-state index is 14.0. The van der Waals surface area contributed by atoms with E-state index in [1.807, 2.05) is 22.6 Å². The van der Waals surface area contributed by atoms with Crippen LogP contribution in [0, 0.1) is 10.5 Å². The maximum atomic E-state index is 14.0. The quantitative estimate of drug-likeness (QED) is 0.0702. The molecule has 1 aromatic carbocycles. The standard InChI is InChI=1S/C36H59IN2O15S/c1-10-38-13-11-12-14-49-31-26(42)24(17(3)51-36(31)48-9)39-54-21-15-20(40)33(19(5)50-21)55-34(44)22-16(2)23(37)29(32(47-8)28(22)45-6)53-35-27(43)30(46-7)25(41)18(4)52-35/h17-21,24-27,30-31,33,35-36,38-43H,10-15H2,1-9H3/t17-,18+,19-,20+,21+,24-,25+,26+,27-,30-,31-,33-,35+,36+/m1/s1. The fourth-order valence-electron chi connectivity index (χ4n) is 6.89. The molecule has 6 N–H and O–H groups in total. The molecule has 1 aromatic rings. The fraction of sp³-hybridized carbons (Fsp3) is 0.806. The van der Waals surface area contributed by atoms with Gasteiger partial charge in [-0.05, 0) is 81.8 Å². The molecule has 3 saturated heterocycles. The summed E-state index contributed by atoms with van der Waals surface area (Å²) in [6.45, 7) is 11.1. The molecule has 0 aliphatic carbocycles. The third-order valence-electron chi connectivity index (χ3n) is 10.0. The second-order valence-corrected chi connectivity index (χ2v) is 16.0. The molecule has 14 atom stereocenters. The number of aliphatic hydroxyl groups is 4. The van der Waals surface area contributed by atoms with Gasteiger partial charge >= 0.3 is 0 Å². The maximum Gasteiger partial charge on any atom is 0.229 e. The minimum absolute atomic E-state index is 0.0236. The highest BCUT2D eigenvalue weighted by Crippen LogP contribution is 2.48. The smallest absolute Gasteiger partial charge is 0.229 e. The number of methoxy groups -OCH3 is 4. The lowest BCUT2D eigenvalue weighted by Crippen LogP contribution is -2.63. The van der Waals surface area contributed by atoms with Gasteiger partial charge in [0.15, 0.2) is 24.1 Å². The number of hydrogen-bond donors (Lipinski definition) is 6. The first-order valence-electron chi connectivity index (χ1n) is 18.5. The zero-order valence-corrected chi connectivity index (χ0v) is 35.9. The van der Waals surface area contributed by atoms with Gasteiger partial charge in [0.05, 0.1) is 59.1 Å². The van der Waals surface area contributed by atoms with E-state index in [2.05, 4.69) is 17.7 Å². The van der Waals surface area contributed by atoms with Gasteiger partial charge in [-0.3, -0.25) is 9.63 Å². The van der Waals surface area contributed by atoms with Crippen molar-refractivity contribution in [3.05, 3.63) is 14.7 Å². The van der Waals surface area contributed by atoms with Crippen LogP contribution in [0.2, 0.25) is 0 Å². The van der Waals surface area contributed by atoms with E-state index >= 15 is 0 Å². The molecular formula is C36H59IN2O15S. The lowest BCUT2D eigenvalue weighted by atomic mass is 9.97. The van der Waals surface area contributed by atoms with E-state index in [0.29, 0.717) is 15.7 Å². The molecule has 0 amide bonds. The minimum atomic E-state index is -1.34. The van der Waals surface area contributed by atoms with Gasteiger partial charge < -0.3 is 68.4 Å². The summed E-state index contributed by atoms with van der Waals surface area (Å²) in [6, 6.07) is -0.702. The van der Waals surface area contributed by atoms with Crippen LogP contribution in [-0.4, -0.2) is 159 Å². The van der Waals surface area contributed by atoms with E-state index < -0.39 is 90.2 Å². The average Bonchev–Trinajstić information content (AvgIpc) is 3.15. The van der Waals surface area contributed by atoms with Crippen molar-refractivity contribution in [2.24, 2.45) is 0 Å². The van der Waals surface area contributed by atoms with E-state index in [0.717, 1.165) is 37.7 Å². The van der Waals surface area contributed by atoms with Gasteiger partial charge in [0.2, 0.25) is 17.2 Å². The van der Waals surface area contributed by atoms with Crippen molar-refractivity contribution in [2.45, 2.75) is 139 Å². The Morgan fingerprint density at radius 3 is 2.16 bits per heavy atom. The molecule has 316 valence electrons. The predicted molar refractivity (Wildman–Crippen MR) is 208 cm³/mol. The Morgan fingerprint density at radius 2 is 1.55 bits per heavy atom. The SMILES string of the molecule is CCNCCCCO[C@H]1[C@@H](OC)O[C@H](C)[C@@H](NO[C@H]2C[C@H](O)[C@H](SC(=O)c3c(C)c(I)c(O[C@@H]4O[C@@H](C)[C@H](O)[C@@H](OC)[C@H]4O)c(OC)c3OC)[C@@H](C)O2)[C@@H]1O. The largest absolute Gasteiger partial charge is 0.492 e. The molecule has 4 rings (SSSR count). The summed E-state index contributed by atoms with van der Waals surface area (Å²) in [5.41, 5.74) is 3.58. The second-order valence-electron chi connectivity index (χ2n) is 13.8. The van der Waals surface area contributed by atoms with Crippen molar-refractivity contribution in [3.63, 3.8) is 0 Å². The highest BCUT2D eigenvalue weighted by atomic mass is 127. The average molecular weight is 919 g/mol. The number of hydroxylamine groups is 1. The Kier molecular flexibility index (Phi) is 18.4. The summed E-state index contributed by atoms with van der Waals surface area (Å²) >= 11 is 2.92.